The Kier molecular flexibility index (Phi) is 5.22. The zero-order valence-electron chi connectivity index (χ0n) is 18.0. The molecule has 1 aromatic heterocycles. The first kappa shape index (κ1) is 20.2. The number of H-pyrrole nitrogens is 1. The van der Waals surface area contributed by atoms with E-state index in [4.69, 9.17) is 14.2 Å². The molecule has 0 saturated carbocycles. The van der Waals surface area contributed by atoms with Gasteiger partial charge in [0.15, 0.2) is 6.10 Å². The van der Waals surface area contributed by atoms with E-state index in [1.165, 1.54) is 10.9 Å². The number of benzene rings is 3. The zero-order valence-corrected chi connectivity index (χ0v) is 18.0. The van der Waals surface area contributed by atoms with E-state index in [2.05, 4.69) is 27.8 Å². The van der Waals surface area contributed by atoms with Gasteiger partial charge in [0.05, 0.1) is 24.9 Å². The predicted molar refractivity (Wildman–Crippen MR) is 126 cm³/mol. The van der Waals surface area contributed by atoms with E-state index in [-0.39, 0.29) is 18.2 Å². The number of carbonyl (C=O) groups excluding carboxylic acids is 1. The molecule has 2 fully saturated rings. The van der Waals surface area contributed by atoms with Crippen molar-refractivity contribution >= 4 is 33.5 Å². The summed E-state index contributed by atoms with van der Waals surface area (Å²) in [6.45, 7) is 1.55. The predicted octanol–water partition coefficient (Wildman–Crippen LogP) is 4.19. The van der Waals surface area contributed by atoms with Gasteiger partial charge in [-0.2, -0.15) is 0 Å². The molecule has 6 rings (SSSR count). The van der Waals surface area contributed by atoms with E-state index in [0.29, 0.717) is 19.8 Å². The molecule has 0 spiro atoms. The molecule has 7 heteroatoms. The summed E-state index contributed by atoms with van der Waals surface area (Å²) in [4.78, 5) is 15.9. The Hall–Kier alpha value is -3.39. The smallest absolute Gasteiger partial charge is 0.412 e. The van der Waals surface area contributed by atoms with Crippen LogP contribution < -0.4 is 10.6 Å². The lowest BCUT2D eigenvalue weighted by molar-refractivity contribution is 0.00856. The molecule has 1 amide bonds. The van der Waals surface area contributed by atoms with Crippen LogP contribution in [0.1, 0.15) is 5.56 Å². The van der Waals surface area contributed by atoms with Crippen molar-refractivity contribution in [3.63, 3.8) is 0 Å². The summed E-state index contributed by atoms with van der Waals surface area (Å²) in [7, 11) is 0. The molecule has 2 aliphatic heterocycles. The third-order valence-corrected chi connectivity index (χ3v) is 6.52. The number of aromatic nitrogens is 1. The number of fused-ring (bicyclic) bond motifs is 3. The second-order valence-electron chi connectivity index (χ2n) is 8.54. The highest BCUT2D eigenvalue weighted by molar-refractivity contribution is 6.00. The number of para-hydroxylation sites is 1. The fourth-order valence-electron chi connectivity index (χ4n) is 4.87. The van der Waals surface area contributed by atoms with Crippen LogP contribution in [-0.2, 0) is 20.8 Å². The maximum Gasteiger partial charge on any atom is 0.412 e. The fraction of sp³-hybridized carbons (Fsp3) is 0.269. The highest BCUT2D eigenvalue weighted by Crippen LogP contribution is 2.30. The summed E-state index contributed by atoms with van der Waals surface area (Å²) in [5, 5.41) is 9.66. The monoisotopic (exact) mass is 443 g/mol. The third-order valence-electron chi connectivity index (χ3n) is 6.52. The average molecular weight is 444 g/mol. The summed E-state index contributed by atoms with van der Waals surface area (Å²) in [5.41, 5.74) is 3.05. The molecule has 0 unspecified atom stereocenters. The summed E-state index contributed by atoms with van der Waals surface area (Å²) < 4.78 is 17.7. The number of carbonyl (C=O) groups is 1. The molecule has 2 saturated heterocycles. The number of amides is 1. The Morgan fingerprint density at radius 2 is 1.73 bits per heavy atom. The first-order valence-corrected chi connectivity index (χ1v) is 11.2. The average Bonchev–Trinajstić information content (AvgIpc) is 3.54. The van der Waals surface area contributed by atoms with Crippen LogP contribution in [0.15, 0.2) is 72.9 Å². The maximum absolute atomic E-state index is 12.6. The zero-order chi connectivity index (χ0) is 22.2. The number of rotatable bonds is 5. The minimum absolute atomic E-state index is 0.0402. The Morgan fingerprint density at radius 3 is 2.67 bits per heavy atom. The lowest BCUT2D eigenvalue weighted by atomic mass is 10.1. The van der Waals surface area contributed by atoms with Gasteiger partial charge in [-0.1, -0.05) is 54.6 Å². The van der Waals surface area contributed by atoms with E-state index >= 15 is 0 Å². The summed E-state index contributed by atoms with van der Waals surface area (Å²) in [5.74, 6) is 0. The number of hydrogen-bond acceptors (Lipinski definition) is 5. The van der Waals surface area contributed by atoms with E-state index in [0.717, 1.165) is 22.0 Å². The Morgan fingerprint density at radius 1 is 0.939 bits per heavy atom. The second-order valence-corrected chi connectivity index (χ2v) is 8.54. The van der Waals surface area contributed by atoms with Crippen molar-refractivity contribution in [2.75, 3.05) is 18.5 Å². The van der Waals surface area contributed by atoms with Gasteiger partial charge in [-0.3, -0.25) is 5.32 Å². The van der Waals surface area contributed by atoms with Gasteiger partial charge in [0.1, 0.15) is 12.2 Å². The third kappa shape index (κ3) is 3.84. The summed E-state index contributed by atoms with van der Waals surface area (Å²) in [6, 6.07) is 22.0. The van der Waals surface area contributed by atoms with Gasteiger partial charge in [-0.15, -0.1) is 0 Å². The van der Waals surface area contributed by atoms with Crippen molar-refractivity contribution in [2.24, 2.45) is 0 Å². The van der Waals surface area contributed by atoms with Gasteiger partial charge in [0, 0.05) is 29.0 Å². The molecule has 0 aliphatic carbocycles. The molecule has 2 aliphatic rings. The van der Waals surface area contributed by atoms with Gasteiger partial charge in [-0.05, 0) is 23.1 Å². The van der Waals surface area contributed by atoms with Gasteiger partial charge in [-0.25, -0.2) is 4.79 Å². The largest absolute Gasteiger partial charge is 0.441 e. The number of aromatic amines is 1. The molecular weight excluding hydrogens is 418 g/mol. The van der Waals surface area contributed by atoms with Crippen LogP contribution >= 0.6 is 0 Å². The Bertz CT molecular complexity index is 1300. The molecule has 33 heavy (non-hydrogen) atoms. The molecule has 3 heterocycles. The standard InChI is InChI=1S/C26H25N3O4/c30-26(29-21-11-5-7-16-6-1-2-8-18(16)21)33-23-15-32-24-22(14-31-25(23)24)28-13-17-12-27-20-10-4-3-9-19(17)20/h1-12,22-25,27-28H,13-15H2,(H,29,30)/t22-,23+,24+,25+/m0/s1. The second kappa shape index (κ2) is 8.51. The number of nitrogens with one attached hydrogen (secondary N) is 3. The highest BCUT2D eigenvalue weighted by Gasteiger charge is 2.49. The van der Waals surface area contributed by atoms with Crippen molar-refractivity contribution in [1.82, 2.24) is 10.3 Å². The van der Waals surface area contributed by atoms with Crippen LogP contribution in [0.4, 0.5) is 10.5 Å². The van der Waals surface area contributed by atoms with Crippen molar-refractivity contribution in [3.8, 4) is 0 Å². The van der Waals surface area contributed by atoms with Gasteiger partial charge in [0.25, 0.3) is 0 Å². The molecule has 3 N–H and O–H groups in total. The topological polar surface area (TPSA) is 84.6 Å². The number of ether oxygens (including phenoxy) is 3. The van der Waals surface area contributed by atoms with Gasteiger partial charge < -0.3 is 24.5 Å². The van der Waals surface area contributed by atoms with E-state index in [1.807, 2.05) is 60.8 Å². The molecule has 3 aromatic carbocycles. The van der Waals surface area contributed by atoms with Crippen LogP contribution in [0.25, 0.3) is 21.7 Å². The van der Waals surface area contributed by atoms with Crippen molar-refractivity contribution in [3.05, 3.63) is 78.5 Å². The first-order chi connectivity index (χ1) is 16.3. The maximum atomic E-state index is 12.6. The SMILES string of the molecule is O=C(Nc1cccc2ccccc12)O[C@@H]1CO[C@H]2[C@@H]1OC[C@@H]2NCc1c[nH]c2ccccc12. The first-order valence-electron chi connectivity index (χ1n) is 11.2. The highest BCUT2D eigenvalue weighted by atomic mass is 16.6. The molecule has 0 bridgehead atoms. The number of hydrogen-bond donors (Lipinski definition) is 3. The van der Waals surface area contributed by atoms with Gasteiger partial charge in [0.2, 0.25) is 0 Å². The van der Waals surface area contributed by atoms with Crippen LogP contribution in [0, 0.1) is 0 Å². The normalized spacial score (nSPS) is 24.2. The van der Waals surface area contributed by atoms with E-state index in [1.54, 1.807) is 0 Å². The lowest BCUT2D eigenvalue weighted by Crippen LogP contribution is -2.41. The fourth-order valence-corrected chi connectivity index (χ4v) is 4.87. The van der Waals surface area contributed by atoms with Crippen molar-refractivity contribution < 1.29 is 19.0 Å². The molecule has 7 nitrogen and oxygen atoms in total. The molecule has 4 aromatic rings. The van der Waals surface area contributed by atoms with Crippen LogP contribution in [-0.4, -0.2) is 48.6 Å². The van der Waals surface area contributed by atoms with E-state index < -0.39 is 12.2 Å². The minimum atomic E-state index is -0.501. The van der Waals surface area contributed by atoms with E-state index in [9.17, 15) is 4.79 Å². The van der Waals surface area contributed by atoms with Crippen molar-refractivity contribution in [2.45, 2.75) is 30.9 Å². The van der Waals surface area contributed by atoms with Crippen LogP contribution in [0.3, 0.4) is 0 Å². The summed E-state index contributed by atoms with van der Waals surface area (Å²) >= 11 is 0. The lowest BCUT2D eigenvalue weighted by Gasteiger charge is -2.18. The molecule has 0 radical (unpaired) electrons. The summed E-state index contributed by atoms with van der Waals surface area (Å²) in [6.07, 6.45) is 0.669. The number of anilines is 1. The minimum Gasteiger partial charge on any atom is -0.441 e. The van der Waals surface area contributed by atoms with Crippen LogP contribution in [0.5, 0.6) is 0 Å². The van der Waals surface area contributed by atoms with Gasteiger partial charge >= 0.3 is 6.09 Å². The molecular formula is C26H25N3O4. The Balaban J connectivity index is 1.07. The molecule has 168 valence electrons. The molecule has 4 atom stereocenters. The van der Waals surface area contributed by atoms with Crippen LogP contribution in [0.2, 0.25) is 0 Å². The van der Waals surface area contributed by atoms with Crippen molar-refractivity contribution in [1.29, 1.82) is 0 Å². The quantitative estimate of drug-likeness (QED) is 0.431. The Labute approximate surface area is 191 Å².